The Hall–Kier alpha value is -2.82. The molecule has 0 radical (unpaired) electrons. The predicted octanol–water partition coefficient (Wildman–Crippen LogP) is 0.304. The van der Waals surface area contributed by atoms with Crippen LogP contribution >= 0.6 is 0 Å². The summed E-state index contributed by atoms with van der Waals surface area (Å²) in [7, 11) is 1.09. The second kappa shape index (κ2) is 8.19. The highest BCUT2D eigenvalue weighted by atomic mass is 16.7. The predicted molar refractivity (Wildman–Crippen MR) is 111 cm³/mol. The van der Waals surface area contributed by atoms with Crippen LogP contribution in [0.4, 0.5) is 0 Å². The van der Waals surface area contributed by atoms with Crippen molar-refractivity contribution in [2.45, 2.75) is 70.2 Å². The van der Waals surface area contributed by atoms with Crippen molar-refractivity contribution in [3.63, 3.8) is 0 Å². The molecule has 180 valence electrons. The van der Waals surface area contributed by atoms with Crippen LogP contribution in [0, 0.1) is 5.92 Å². The summed E-state index contributed by atoms with van der Waals surface area (Å²) in [5, 5.41) is 22.9. The first kappa shape index (κ1) is 24.8. The van der Waals surface area contributed by atoms with Crippen molar-refractivity contribution in [1.82, 2.24) is 0 Å². The highest BCUT2D eigenvalue weighted by Gasteiger charge is 2.62. The number of ketones is 1. The maximum atomic E-state index is 12.9. The van der Waals surface area contributed by atoms with Gasteiger partial charge in [-0.15, -0.1) is 0 Å². The Morgan fingerprint density at radius 1 is 1.21 bits per heavy atom. The lowest BCUT2D eigenvalue weighted by Gasteiger charge is -2.38. The number of carbonyl (C=O) groups excluding carboxylic acids is 4. The van der Waals surface area contributed by atoms with E-state index in [1.165, 1.54) is 20.8 Å². The number of hydrogen-bond donors (Lipinski definition) is 2. The van der Waals surface area contributed by atoms with Gasteiger partial charge in [0.15, 0.2) is 23.6 Å². The number of hydrogen-bond acceptors (Lipinski definition) is 10. The van der Waals surface area contributed by atoms with Crippen LogP contribution in [0.5, 0.6) is 0 Å². The summed E-state index contributed by atoms with van der Waals surface area (Å²) in [5.74, 6) is -4.65. The summed E-state index contributed by atoms with van der Waals surface area (Å²) in [5.41, 5.74) is -3.89. The molecule has 33 heavy (non-hydrogen) atoms. The Balaban J connectivity index is 2.23. The van der Waals surface area contributed by atoms with E-state index in [1.54, 1.807) is 6.92 Å². The molecular formula is C23H28O10. The number of esters is 3. The molecule has 7 atom stereocenters. The molecule has 2 unspecified atom stereocenters. The molecule has 0 aromatic carbocycles. The standard InChI is InChI=1S/C23H28O10/c1-9-8-14(25)16-11(3)17(32-21(28)22(6)12(4)33-22)18(31-13(5)24)15(10(2)20(27)30-7)19(26)23(9,16)29/h8,12,15,17-19,26,29H,2H2,1,3-7H3/t12?,15-,17-,18-,19+,22?,23-/m1/s1. The molecule has 0 bridgehead atoms. The third-order valence-electron chi connectivity index (χ3n) is 6.75. The first-order valence-corrected chi connectivity index (χ1v) is 10.4. The van der Waals surface area contributed by atoms with Gasteiger partial charge in [-0.2, -0.15) is 0 Å². The molecule has 3 aliphatic rings. The Labute approximate surface area is 190 Å². The van der Waals surface area contributed by atoms with Crippen molar-refractivity contribution in [2.24, 2.45) is 5.92 Å². The fraction of sp³-hybridized carbons (Fsp3) is 0.565. The first-order valence-electron chi connectivity index (χ1n) is 10.4. The maximum absolute atomic E-state index is 12.9. The van der Waals surface area contributed by atoms with Crippen LogP contribution in [0.3, 0.4) is 0 Å². The van der Waals surface area contributed by atoms with E-state index in [1.807, 2.05) is 0 Å². The van der Waals surface area contributed by atoms with E-state index in [2.05, 4.69) is 6.58 Å². The van der Waals surface area contributed by atoms with Crippen molar-refractivity contribution in [3.8, 4) is 0 Å². The van der Waals surface area contributed by atoms with Gasteiger partial charge < -0.3 is 29.2 Å². The number of epoxide rings is 1. The minimum absolute atomic E-state index is 0.0614. The molecule has 2 N–H and O–H groups in total. The molecule has 0 aromatic rings. The van der Waals surface area contributed by atoms with Gasteiger partial charge in [0.05, 0.1) is 19.1 Å². The highest BCUT2D eigenvalue weighted by molar-refractivity contribution is 6.11. The van der Waals surface area contributed by atoms with Crippen LogP contribution < -0.4 is 0 Å². The van der Waals surface area contributed by atoms with Crippen LogP contribution in [0.1, 0.15) is 34.6 Å². The summed E-state index contributed by atoms with van der Waals surface area (Å²) in [6.07, 6.45) is -4.09. The van der Waals surface area contributed by atoms with Crippen molar-refractivity contribution in [3.05, 3.63) is 34.9 Å². The fourth-order valence-corrected chi connectivity index (χ4v) is 4.57. The lowest BCUT2D eigenvalue weighted by Crippen LogP contribution is -2.53. The van der Waals surface area contributed by atoms with E-state index in [4.69, 9.17) is 18.9 Å². The molecule has 0 spiro atoms. The third kappa shape index (κ3) is 3.71. The minimum Gasteiger partial charge on any atom is -0.466 e. The van der Waals surface area contributed by atoms with E-state index >= 15 is 0 Å². The number of aliphatic hydroxyl groups is 2. The summed E-state index contributed by atoms with van der Waals surface area (Å²) in [4.78, 5) is 50.2. The molecule has 1 heterocycles. The number of fused-ring (bicyclic) bond motifs is 1. The number of rotatable bonds is 5. The van der Waals surface area contributed by atoms with E-state index < -0.39 is 65.2 Å². The van der Waals surface area contributed by atoms with Crippen LogP contribution in [-0.4, -0.2) is 76.6 Å². The van der Waals surface area contributed by atoms with E-state index in [9.17, 15) is 29.4 Å². The smallest absolute Gasteiger partial charge is 0.341 e. The largest absolute Gasteiger partial charge is 0.466 e. The monoisotopic (exact) mass is 464 g/mol. The van der Waals surface area contributed by atoms with Crippen molar-refractivity contribution in [1.29, 1.82) is 0 Å². The van der Waals surface area contributed by atoms with Crippen LogP contribution in [0.15, 0.2) is 34.9 Å². The molecule has 1 saturated heterocycles. The van der Waals surface area contributed by atoms with Crippen LogP contribution in [0.25, 0.3) is 0 Å². The summed E-state index contributed by atoms with van der Waals surface area (Å²) < 4.78 is 21.2. The average Bonchev–Trinajstić information content (AvgIpc) is 3.29. The van der Waals surface area contributed by atoms with Crippen molar-refractivity contribution < 1.29 is 48.3 Å². The molecule has 1 fully saturated rings. The van der Waals surface area contributed by atoms with E-state index in [0.717, 1.165) is 20.1 Å². The van der Waals surface area contributed by atoms with Gasteiger partial charge in [-0.3, -0.25) is 9.59 Å². The third-order valence-corrected chi connectivity index (χ3v) is 6.75. The van der Waals surface area contributed by atoms with Gasteiger partial charge in [-0.05, 0) is 44.9 Å². The first-order chi connectivity index (χ1) is 15.2. The molecule has 10 heteroatoms. The lowest BCUT2D eigenvalue weighted by atomic mass is 9.76. The van der Waals surface area contributed by atoms with Crippen molar-refractivity contribution >= 4 is 23.7 Å². The minimum atomic E-state index is -2.24. The number of aliphatic hydroxyl groups excluding tert-OH is 1. The highest BCUT2D eigenvalue weighted by Crippen LogP contribution is 2.48. The zero-order valence-corrected chi connectivity index (χ0v) is 19.3. The van der Waals surface area contributed by atoms with Gasteiger partial charge in [0.2, 0.25) is 0 Å². The van der Waals surface area contributed by atoms with Crippen LogP contribution in [0.2, 0.25) is 0 Å². The second-order valence-corrected chi connectivity index (χ2v) is 8.77. The molecule has 0 saturated carbocycles. The number of methoxy groups -OCH3 is 1. The van der Waals surface area contributed by atoms with Gasteiger partial charge in [0.25, 0.3) is 0 Å². The fourth-order valence-electron chi connectivity index (χ4n) is 4.57. The summed E-state index contributed by atoms with van der Waals surface area (Å²) >= 11 is 0. The van der Waals surface area contributed by atoms with Gasteiger partial charge in [0, 0.05) is 18.1 Å². The summed E-state index contributed by atoms with van der Waals surface area (Å²) in [6.45, 7) is 10.8. The zero-order chi connectivity index (χ0) is 25.0. The Morgan fingerprint density at radius 3 is 2.27 bits per heavy atom. The topological polar surface area (TPSA) is 149 Å². The van der Waals surface area contributed by atoms with Gasteiger partial charge in [-0.25, -0.2) is 9.59 Å². The quantitative estimate of drug-likeness (QED) is 0.252. The molecular weight excluding hydrogens is 436 g/mol. The Morgan fingerprint density at radius 2 is 1.79 bits per heavy atom. The molecule has 10 nitrogen and oxygen atoms in total. The Kier molecular flexibility index (Phi) is 6.16. The Bertz CT molecular complexity index is 1010. The van der Waals surface area contributed by atoms with Gasteiger partial charge >= 0.3 is 17.9 Å². The second-order valence-electron chi connectivity index (χ2n) is 8.77. The normalized spacial score (nSPS) is 37.5. The van der Waals surface area contributed by atoms with Gasteiger partial charge in [-0.1, -0.05) is 6.58 Å². The molecule has 3 rings (SSSR count). The molecule has 0 aromatic heterocycles. The lowest BCUT2D eigenvalue weighted by molar-refractivity contribution is -0.175. The zero-order valence-electron chi connectivity index (χ0n) is 19.3. The average molecular weight is 464 g/mol. The number of ether oxygens (including phenoxy) is 4. The SMILES string of the molecule is C=C(C(=O)OC)[C@@H]1[C@@H](OC(C)=O)[C@H](OC(=O)C2(C)OC2C)C(C)=C2C(=O)C=C(C)[C@]2(O)[C@H]1O. The maximum Gasteiger partial charge on any atom is 0.341 e. The van der Waals surface area contributed by atoms with Crippen LogP contribution in [-0.2, 0) is 38.1 Å². The van der Waals surface area contributed by atoms with E-state index in [-0.39, 0.29) is 22.3 Å². The molecule has 0 amide bonds. The molecule has 2 aliphatic carbocycles. The van der Waals surface area contributed by atoms with Gasteiger partial charge in [0.1, 0.15) is 11.7 Å². The number of allylic oxidation sites excluding steroid dienone is 1. The van der Waals surface area contributed by atoms with Crippen molar-refractivity contribution in [2.75, 3.05) is 7.11 Å². The molecule has 1 aliphatic heterocycles. The number of carbonyl (C=O) groups is 4. The summed E-state index contributed by atoms with van der Waals surface area (Å²) in [6, 6.07) is 0. The van der Waals surface area contributed by atoms with E-state index in [0.29, 0.717) is 0 Å².